The van der Waals surface area contributed by atoms with Gasteiger partial charge in [-0.25, -0.2) is 0 Å². The number of anilines is 1. The van der Waals surface area contributed by atoms with Gasteiger partial charge in [-0.2, -0.15) is 0 Å². The van der Waals surface area contributed by atoms with Gasteiger partial charge in [-0.15, -0.1) is 0 Å². The number of para-hydroxylation sites is 1. The molecule has 1 aromatic carbocycles. The lowest BCUT2D eigenvalue weighted by molar-refractivity contribution is -0.118. The van der Waals surface area contributed by atoms with Crippen molar-refractivity contribution in [2.24, 2.45) is 4.99 Å². The number of hydrogen-bond acceptors (Lipinski definition) is 2. The first-order chi connectivity index (χ1) is 11.7. The Kier molecular flexibility index (Phi) is 7.09. The Bertz CT molecular complexity index is 570. The minimum atomic E-state index is 0.204. The Morgan fingerprint density at radius 2 is 2.12 bits per heavy atom. The summed E-state index contributed by atoms with van der Waals surface area (Å²) in [6.07, 6.45) is 3.33. The van der Waals surface area contributed by atoms with Crippen LogP contribution in [0.4, 0.5) is 5.69 Å². The molecule has 0 radical (unpaired) electrons. The third-order valence-corrected chi connectivity index (χ3v) is 4.35. The Balaban J connectivity index is 1.81. The molecule has 2 N–H and O–H groups in total. The first-order valence-electron chi connectivity index (χ1n) is 9.08. The highest BCUT2D eigenvalue weighted by Gasteiger charge is 2.23. The standard InChI is InChI=1S/C19H30N4O/c1-4-15(3)22-19(20-5-2)21-13-8-11-18(24)23-14-12-16-9-6-7-10-17(16)23/h6-7,9-10,15H,4-5,8,11-14H2,1-3H3,(H2,20,21,22). The monoisotopic (exact) mass is 330 g/mol. The average molecular weight is 330 g/mol. The van der Waals surface area contributed by atoms with E-state index < -0.39 is 0 Å². The van der Waals surface area contributed by atoms with E-state index in [1.165, 1.54) is 5.56 Å². The fraction of sp³-hybridized carbons (Fsp3) is 0.579. The van der Waals surface area contributed by atoms with E-state index in [9.17, 15) is 4.79 Å². The molecule has 2 rings (SSSR count). The first-order valence-corrected chi connectivity index (χ1v) is 9.08. The second kappa shape index (κ2) is 9.30. The van der Waals surface area contributed by atoms with E-state index >= 15 is 0 Å². The molecule has 0 aromatic heterocycles. The Labute approximate surface area is 145 Å². The number of aliphatic imine (C=N–C) groups is 1. The van der Waals surface area contributed by atoms with Gasteiger partial charge in [0.05, 0.1) is 0 Å². The lowest BCUT2D eigenvalue weighted by Crippen LogP contribution is -2.42. The van der Waals surface area contributed by atoms with Crippen LogP contribution in [0.15, 0.2) is 29.3 Å². The summed E-state index contributed by atoms with van der Waals surface area (Å²) in [6, 6.07) is 8.57. The fourth-order valence-electron chi connectivity index (χ4n) is 2.81. The molecular formula is C19H30N4O. The number of carbonyl (C=O) groups excluding carboxylic acids is 1. The van der Waals surface area contributed by atoms with E-state index in [2.05, 4.69) is 42.5 Å². The van der Waals surface area contributed by atoms with Crippen molar-refractivity contribution in [3.63, 3.8) is 0 Å². The third-order valence-electron chi connectivity index (χ3n) is 4.35. The van der Waals surface area contributed by atoms with Crippen LogP contribution >= 0.6 is 0 Å². The Morgan fingerprint density at radius 1 is 1.33 bits per heavy atom. The molecule has 24 heavy (non-hydrogen) atoms. The topological polar surface area (TPSA) is 56.7 Å². The second-order valence-electron chi connectivity index (χ2n) is 6.24. The molecule has 1 aromatic rings. The van der Waals surface area contributed by atoms with Gasteiger partial charge >= 0.3 is 0 Å². The molecule has 0 bridgehead atoms. The fourth-order valence-corrected chi connectivity index (χ4v) is 2.81. The van der Waals surface area contributed by atoms with E-state index in [1.54, 1.807) is 0 Å². The summed E-state index contributed by atoms with van der Waals surface area (Å²) in [5.74, 6) is 1.04. The molecule has 1 aliphatic heterocycles. The van der Waals surface area contributed by atoms with Gasteiger partial charge in [0, 0.05) is 37.8 Å². The molecule has 0 spiro atoms. The predicted octanol–water partition coefficient (Wildman–Crippen LogP) is 2.71. The molecule has 0 fully saturated rings. The molecule has 0 saturated carbocycles. The zero-order chi connectivity index (χ0) is 17.4. The Hall–Kier alpha value is -2.04. The molecule has 5 heteroatoms. The van der Waals surface area contributed by atoms with Gasteiger partial charge < -0.3 is 15.5 Å². The summed E-state index contributed by atoms with van der Waals surface area (Å²) >= 11 is 0. The van der Waals surface area contributed by atoms with Crippen molar-refractivity contribution in [1.82, 2.24) is 10.6 Å². The van der Waals surface area contributed by atoms with Gasteiger partial charge in [0.15, 0.2) is 5.96 Å². The van der Waals surface area contributed by atoms with Crippen LogP contribution in [0.25, 0.3) is 0 Å². The maximum absolute atomic E-state index is 12.4. The minimum absolute atomic E-state index is 0.204. The molecule has 1 amide bonds. The highest BCUT2D eigenvalue weighted by Crippen LogP contribution is 2.27. The van der Waals surface area contributed by atoms with Gasteiger partial charge in [0.1, 0.15) is 0 Å². The molecule has 0 saturated heterocycles. The van der Waals surface area contributed by atoms with Gasteiger partial charge in [0.25, 0.3) is 0 Å². The van der Waals surface area contributed by atoms with Crippen LogP contribution in [0.1, 0.15) is 45.6 Å². The summed E-state index contributed by atoms with van der Waals surface area (Å²) < 4.78 is 0. The molecule has 132 valence electrons. The summed E-state index contributed by atoms with van der Waals surface area (Å²) in [4.78, 5) is 18.9. The maximum Gasteiger partial charge on any atom is 0.227 e. The van der Waals surface area contributed by atoms with Crippen LogP contribution in [-0.4, -0.2) is 37.5 Å². The second-order valence-corrected chi connectivity index (χ2v) is 6.24. The van der Waals surface area contributed by atoms with Crippen LogP contribution in [0, 0.1) is 0 Å². The number of guanidine groups is 1. The van der Waals surface area contributed by atoms with E-state index in [-0.39, 0.29) is 5.91 Å². The smallest absolute Gasteiger partial charge is 0.227 e. The van der Waals surface area contributed by atoms with E-state index in [0.29, 0.717) is 19.0 Å². The lowest BCUT2D eigenvalue weighted by Gasteiger charge is -2.17. The molecule has 5 nitrogen and oxygen atoms in total. The summed E-state index contributed by atoms with van der Waals surface area (Å²) in [7, 11) is 0. The number of hydrogen-bond donors (Lipinski definition) is 2. The molecule has 1 heterocycles. The van der Waals surface area contributed by atoms with E-state index in [0.717, 1.165) is 44.0 Å². The first kappa shape index (κ1) is 18.3. The maximum atomic E-state index is 12.4. The number of nitrogens with one attached hydrogen (secondary N) is 2. The van der Waals surface area contributed by atoms with Crippen molar-refractivity contribution >= 4 is 17.6 Å². The number of rotatable bonds is 7. The average Bonchev–Trinajstić information content (AvgIpc) is 3.02. The van der Waals surface area contributed by atoms with Gasteiger partial charge in [0.2, 0.25) is 5.91 Å². The third kappa shape index (κ3) is 4.98. The van der Waals surface area contributed by atoms with Crippen molar-refractivity contribution in [2.75, 3.05) is 24.5 Å². The van der Waals surface area contributed by atoms with Gasteiger partial charge in [-0.1, -0.05) is 25.1 Å². The highest BCUT2D eigenvalue weighted by atomic mass is 16.2. The lowest BCUT2D eigenvalue weighted by atomic mass is 10.2. The van der Waals surface area contributed by atoms with Crippen molar-refractivity contribution < 1.29 is 4.79 Å². The van der Waals surface area contributed by atoms with Crippen LogP contribution in [0.2, 0.25) is 0 Å². The van der Waals surface area contributed by atoms with E-state index in [1.807, 2.05) is 23.1 Å². The summed E-state index contributed by atoms with van der Waals surface area (Å²) in [5.41, 5.74) is 2.36. The highest BCUT2D eigenvalue weighted by molar-refractivity contribution is 5.95. The zero-order valence-corrected chi connectivity index (χ0v) is 15.1. The van der Waals surface area contributed by atoms with Crippen LogP contribution < -0.4 is 15.5 Å². The van der Waals surface area contributed by atoms with Crippen LogP contribution in [0.3, 0.4) is 0 Å². The largest absolute Gasteiger partial charge is 0.357 e. The number of benzene rings is 1. The quantitative estimate of drug-likeness (QED) is 0.459. The predicted molar refractivity (Wildman–Crippen MR) is 101 cm³/mol. The summed E-state index contributed by atoms with van der Waals surface area (Å²) in [6.45, 7) is 8.65. The molecular weight excluding hydrogens is 300 g/mol. The van der Waals surface area contributed by atoms with Crippen molar-refractivity contribution in [3.05, 3.63) is 29.8 Å². The van der Waals surface area contributed by atoms with Crippen molar-refractivity contribution in [1.29, 1.82) is 0 Å². The number of fused-ring (bicyclic) bond motifs is 1. The molecule has 1 unspecified atom stereocenters. The van der Waals surface area contributed by atoms with E-state index in [4.69, 9.17) is 0 Å². The molecule has 0 aliphatic carbocycles. The van der Waals surface area contributed by atoms with Crippen molar-refractivity contribution in [3.8, 4) is 0 Å². The normalized spacial score (nSPS) is 15.1. The summed E-state index contributed by atoms with van der Waals surface area (Å²) in [5, 5.41) is 6.61. The van der Waals surface area contributed by atoms with Crippen LogP contribution in [-0.2, 0) is 11.2 Å². The molecule has 1 aliphatic rings. The molecule has 1 atom stereocenters. The van der Waals surface area contributed by atoms with Gasteiger partial charge in [-0.3, -0.25) is 9.79 Å². The van der Waals surface area contributed by atoms with Crippen molar-refractivity contribution in [2.45, 2.75) is 52.5 Å². The SMILES string of the molecule is CCNC(=NCCCC(=O)N1CCc2ccccc21)NC(C)CC. The zero-order valence-electron chi connectivity index (χ0n) is 15.1. The minimum Gasteiger partial charge on any atom is -0.357 e. The number of amides is 1. The number of carbonyl (C=O) groups is 1. The Morgan fingerprint density at radius 3 is 2.88 bits per heavy atom. The number of nitrogens with zero attached hydrogens (tertiary/aromatic N) is 2. The van der Waals surface area contributed by atoms with Gasteiger partial charge in [-0.05, 0) is 44.7 Å². The van der Waals surface area contributed by atoms with Crippen LogP contribution in [0.5, 0.6) is 0 Å².